The van der Waals surface area contributed by atoms with Gasteiger partial charge in [-0.15, -0.1) is 0 Å². The van der Waals surface area contributed by atoms with Crippen LogP contribution in [0, 0.1) is 0 Å². The fourth-order valence-corrected chi connectivity index (χ4v) is 2.56. The number of carbonyl (C=O) groups is 1. The number of phenolic OH excluding ortho intramolecular Hbond substituents is 1. The zero-order valence-electron chi connectivity index (χ0n) is 11.5. The third-order valence-corrected chi connectivity index (χ3v) is 3.62. The van der Waals surface area contributed by atoms with Crippen LogP contribution in [-0.4, -0.2) is 17.0 Å². The van der Waals surface area contributed by atoms with Crippen molar-refractivity contribution in [2.75, 3.05) is 0 Å². The summed E-state index contributed by atoms with van der Waals surface area (Å²) in [6, 6.07) is 5.01. The van der Waals surface area contributed by atoms with Gasteiger partial charge >= 0.3 is 0 Å². The second-order valence-corrected chi connectivity index (χ2v) is 5.22. The Kier molecular flexibility index (Phi) is 4.83. The Hall–Kier alpha value is -1.51. The highest BCUT2D eigenvalue weighted by atomic mass is 16.5. The summed E-state index contributed by atoms with van der Waals surface area (Å²) in [5.41, 5.74) is 0.352. The molecule has 0 aromatic heterocycles. The van der Waals surface area contributed by atoms with E-state index in [4.69, 9.17) is 4.74 Å². The number of benzene rings is 1. The Morgan fingerprint density at radius 3 is 2.84 bits per heavy atom. The molecule has 3 nitrogen and oxygen atoms in total. The van der Waals surface area contributed by atoms with Gasteiger partial charge in [-0.25, -0.2) is 0 Å². The molecule has 1 atom stereocenters. The number of carbonyl (C=O) groups excluding carboxylic acids is 1. The van der Waals surface area contributed by atoms with E-state index in [0.29, 0.717) is 17.7 Å². The average molecular weight is 262 g/mol. The Balaban J connectivity index is 1.89. The van der Waals surface area contributed by atoms with Crippen LogP contribution in [0.15, 0.2) is 18.2 Å². The molecule has 1 aliphatic heterocycles. The minimum absolute atomic E-state index is 0.00194. The first-order chi connectivity index (χ1) is 9.22. The van der Waals surface area contributed by atoms with Gasteiger partial charge in [-0.2, -0.15) is 0 Å². The highest BCUT2D eigenvalue weighted by molar-refractivity contribution is 6.02. The van der Waals surface area contributed by atoms with Gasteiger partial charge in [-0.1, -0.05) is 38.7 Å². The first kappa shape index (κ1) is 13.9. The molecule has 2 rings (SSSR count). The molecule has 1 N–H and O–H groups in total. The number of aromatic hydroxyl groups is 1. The molecule has 19 heavy (non-hydrogen) atoms. The largest absolute Gasteiger partial charge is 0.507 e. The Morgan fingerprint density at radius 2 is 2.05 bits per heavy atom. The molecule has 1 aliphatic rings. The molecule has 0 radical (unpaired) electrons. The molecule has 0 saturated carbocycles. The van der Waals surface area contributed by atoms with Gasteiger partial charge in [0, 0.05) is 6.42 Å². The van der Waals surface area contributed by atoms with Gasteiger partial charge in [-0.3, -0.25) is 4.79 Å². The SMILES string of the molecule is CCCCCCCC1CC(=O)c2c(O)cccc2O1. The Bertz CT molecular complexity index is 440. The lowest BCUT2D eigenvalue weighted by Crippen LogP contribution is -2.26. The lowest BCUT2D eigenvalue weighted by Gasteiger charge is -2.25. The smallest absolute Gasteiger partial charge is 0.174 e. The maximum Gasteiger partial charge on any atom is 0.174 e. The standard InChI is InChI=1S/C16H22O3/c1-2-3-4-5-6-8-12-11-14(18)16-13(17)9-7-10-15(16)19-12/h7,9-10,12,17H,2-6,8,11H2,1H3. The molecular formula is C16H22O3. The van der Waals surface area contributed by atoms with Gasteiger partial charge < -0.3 is 9.84 Å². The van der Waals surface area contributed by atoms with Crippen molar-refractivity contribution in [3.63, 3.8) is 0 Å². The molecule has 1 aromatic carbocycles. The summed E-state index contributed by atoms with van der Waals surface area (Å²) in [5, 5.41) is 9.69. The molecule has 1 unspecified atom stereocenters. The highest BCUT2D eigenvalue weighted by Gasteiger charge is 2.28. The van der Waals surface area contributed by atoms with Crippen molar-refractivity contribution in [2.24, 2.45) is 0 Å². The summed E-state index contributed by atoms with van der Waals surface area (Å²) >= 11 is 0. The van der Waals surface area contributed by atoms with Crippen LogP contribution in [0.25, 0.3) is 0 Å². The molecule has 1 heterocycles. The zero-order chi connectivity index (χ0) is 13.7. The topological polar surface area (TPSA) is 46.5 Å². The molecule has 104 valence electrons. The summed E-state index contributed by atoms with van der Waals surface area (Å²) in [4.78, 5) is 12.0. The summed E-state index contributed by atoms with van der Waals surface area (Å²) in [7, 11) is 0. The van der Waals surface area contributed by atoms with Crippen molar-refractivity contribution in [3.8, 4) is 11.5 Å². The average Bonchev–Trinajstić information content (AvgIpc) is 2.38. The fourth-order valence-electron chi connectivity index (χ4n) is 2.56. The van der Waals surface area contributed by atoms with Crippen LogP contribution in [0.3, 0.4) is 0 Å². The van der Waals surface area contributed by atoms with Crippen molar-refractivity contribution < 1.29 is 14.6 Å². The van der Waals surface area contributed by atoms with E-state index in [2.05, 4.69) is 6.92 Å². The number of ether oxygens (including phenoxy) is 1. The van der Waals surface area contributed by atoms with E-state index in [-0.39, 0.29) is 17.6 Å². The van der Waals surface area contributed by atoms with Crippen LogP contribution in [0.1, 0.15) is 62.2 Å². The van der Waals surface area contributed by atoms with Gasteiger partial charge in [-0.05, 0) is 25.0 Å². The lowest BCUT2D eigenvalue weighted by molar-refractivity contribution is 0.0830. The predicted molar refractivity (Wildman–Crippen MR) is 74.8 cm³/mol. The maximum atomic E-state index is 12.0. The number of fused-ring (bicyclic) bond motifs is 1. The van der Waals surface area contributed by atoms with Crippen LogP contribution >= 0.6 is 0 Å². The lowest BCUT2D eigenvalue weighted by atomic mass is 9.96. The number of hydrogen-bond donors (Lipinski definition) is 1. The summed E-state index contributed by atoms with van der Waals surface area (Å²) in [6.45, 7) is 2.20. The third kappa shape index (κ3) is 3.49. The zero-order valence-corrected chi connectivity index (χ0v) is 11.5. The van der Waals surface area contributed by atoms with E-state index >= 15 is 0 Å². The van der Waals surface area contributed by atoms with Crippen LogP contribution in [-0.2, 0) is 0 Å². The normalized spacial score (nSPS) is 17.9. The predicted octanol–water partition coefficient (Wildman–Crippen LogP) is 4.09. The number of hydrogen-bond acceptors (Lipinski definition) is 3. The van der Waals surface area contributed by atoms with Gasteiger partial charge in [0.2, 0.25) is 0 Å². The van der Waals surface area contributed by atoms with Crippen molar-refractivity contribution >= 4 is 5.78 Å². The monoisotopic (exact) mass is 262 g/mol. The second kappa shape index (κ2) is 6.60. The quantitative estimate of drug-likeness (QED) is 0.785. The maximum absolute atomic E-state index is 12.0. The molecular weight excluding hydrogens is 240 g/mol. The Morgan fingerprint density at radius 1 is 1.26 bits per heavy atom. The van der Waals surface area contributed by atoms with Crippen molar-refractivity contribution in [2.45, 2.75) is 58.0 Å². The molecule has 1 aromatic rings. The highest BCUT2D eigenvalue weighted by Crippen LogP contribution is 2.34. The first-order valence-corrected chi connectivity index (χ1v) is 7.24. The van der Waals surface area contributed by atoms with E-state index < -0.39 is 0 Å². The van der Waals surface area contributed by atoms with Crippen LogP contribution in [0.4, 0.5) is 0 Å². The van der Waals surface area contributed by atoms with Gasteiger partial charge in [0.1, 0.15) is 23.2 Å². The molecule has 0 spiro atoms. The van der Waals surface area contributed by atoms with Crippen molar-refractivity contribution in [3.05, 3.63) is 23.8 Å². The van der Waals surface area contributed by atoms with Crippen LogP contribution in [0.2, 0.25) is 0 Å². The number of ketones is 1. The first-order valence-electron chi connectivity index (χ1n) is 7.24. The number of unbranched alkanes of at least 4 members (excludes halogenated alkanes) is 4. The third-order valence-electron chi connectivity index (χ3n) is 3.62. The van der Waals surface area contributed by atoms with Crippen molar-refractivity contribution in [1.29, 1.82) is 0 Å². The van der Waals surface area contributed by atoms with Gasteiger partial charge in [0.15, 0.2) is 5.78 Å². The van der Waals surface area contributed by atoms with E-state index in [1.54, 1.807) is 12.1 Å². The second-order valence-electron chi connectivity index (χ2n) is 5.22. The van der Waals surface area contributed by atoms with Gasteiger partial charge in [0.05, 0.1) is 0 Å². The van der Waals surface area contributed by atoms with Gasteiger partial charge in [0.25, 0.3) is 0 Å². The summed E-state index contributed by atoms with van der Waals surface area (Å²) in [6.07, 6.45) is 7.37. The number of rotatable bonds is 6. The molecule has 0 amide bonds. The molecule has 0 aliphatic carbocycles. The summed E-state index contributed by atoms with van der Waals surface area (Å²) in [5.74, 6) is 0.566. The minimum atomic E-state index is -0.0246. The molecule has 0 bridgehead atoms. The minimum Gasteiger partial charge on any atom is -0.507 e. The molecule has 0 fully saturated rings. The van der Waals surface area contributed by atoms with Crippen LogP contribution in [0.5, 0.6) is 11.5 Å². The van der Waals surface area contributed by atoms with E-state index in [1.807, 2.05) is 0 Å². The number of phenols is 1. The van der Waals surface area contributed by atoms with E-state index in [1.165, 1.54) is 31.7 Å². The summed E-state index contributed by atoms with van der Waals surface area (Å²) < 4.78 is 5.81. The van der Waals surface area contributed by atoms with Crippen molar-refractivity contribution in [1.82, 2.24) is 0 Å². The molecule has 3 heteroatoms. The Labute approximate surface area is 114 Å². The van der Waals surface area contributed by atoms with E-state index in [0.717, 1.165) is 12.8 Å². The number of Topliss-reactive ketones (excluding diaryl/α,β-unsaturated/α-hetero) is 1. The fraction of sp³-hybridized carbons (Fsp3) is 0.562. The van der Waals surface area contributed by atoms with Crippen LogP contribution < -0.4 is 4.74 Å². The molecule has 0 saturated heterocycles. The van der Waals surface area contributed by atoms with E-state index in [9.17, 15) is 9.90 Å².